The molecule has 0 unspecified atom stereocenters. The number of halogens is 1. The molecule has 19 heavy (non-hydrogen) atoms. The second-order valence-electron chi connectivity index (χ2n) is 4.75. The fourth-order valence-electron chi connectivity index (χ4n) is 2.43. The molecular weight excluding hydrogens is 251 g/mol. The van der Waals surface area contributed by atoms with Gasteiger partial charge in [0, 0.05) is 12.2 Å². The fraction of sp³-hybridized carbons (Fsp3) is 0.538. The van der Waals surface area contributed by atoms with Crippen LogP contribution in [0.15, 0.2) is 18.3 Å². The van der Waals surface area contributed by atoms with Gasteiger partial charge in [0.05, 0.1) is 13.0 Å². The van der Waals surface area contributed by atoms with E-state index in [4.69, 9.17) is 4.74 Å². The maximum atomic E-state index is 13.2. The number of nitrogens with one attached hydrogen (secondary N) is 1. The standard InChI is InChI=1S/C13H17FN2O3/c1-19-13(18)9-4-6-10(7-5-9)15-12(17)11-3-2-8-16(11)14/h2-3,8-10H,4-7H2,1H3,(H,15,17). The van der Waals surface area contributed by atoms with Crippen molar-refractivity contribution < 1.29 is 18.8 Å². The lowest BCUT2D eigenvalue weighted by molar-refractivity contribution is -0.146. The second-order valence-corrected chi connectivity index (χ2v) is 4.75. The summed E-state index contributed by atoms with van der Waals surface area (Å²) in [5.74, 6) is -0.695. The molecule has 0 bridgehead atoms. The minimum Gasteiger partial charge on any atom is -0.469 e. The Balaban J connectivity index is 1.85. The topological polar surface area (TPSA) is 60.3 Å². The van der Waals surface area contributed by atoms with Crippen LogP contribution in [0.1, 0.15) is 36.2 Å². The molecule has 1 heterocycles. The lowest BCUT2D eigenvalue weighted by Crippen LogP contribution is -2.39. The molecule has 1 amide bonds. The van der Waals surface area contributed by atoms with Crippen LogP contribution in [-0.4, -0.2) is 29.8 Å². The van der Waals surface area contributed by atoms with Crippen LogP contribution in [0, 0.1) is 5.92 Å². The molecule has 5 nitrogen and oxygen atoms in total. The van der Waals surface area contributed by atoms with E-state index < -0.39 is 5.91 Å². The highest BCUT2D eigenvalue weighted by atomic mass is 19.2. The quantitative estimate of drug-likeness (QED) is 0.848. The van der Waals surface area contributed by atoms with E-state index in [0.29, 0.717) is 30.5 Å². The minimum absolute atomic E-state index is 0.00455. The summed E-state index contributed by atoms with van der Waals surface area (Å²) in [4.78, 5) is 23.5. The first kappa shape index (κ1) is 13.6. The normalized spacial score (nSPS) is 22.8. The zero-order chi connectivity index (χ0) is 13.8. The van der Waals surface area contributed by atoms with E-state index in [2.05, 4.69) is 5.32 Å². The number of esters is 1. The Morgan fingerprint density at radius 2 is 2.05 bits per heavy atom. The van der Waals surface area contributed by atoms with Crippen molar-refractivity contribution in [2.75, 3.05) is 7.11 Å². The highest BCUT2D eigenvalue weighted by Crippen LogP contribution is 2.25. The summed E-state index contributed by atoms with van der Waals surface area (Å²) in [6.07, 6.45) is 3.97. The Bertz CT molecular complexity index is 464. The Morgan fingerprint density at radius 1 is 1.37 bits per heavy atom. The molecule has 104 valence electrons. The van der Waals surface area contributed by atoms with Crippen molar-refractivity contribution >= 4 is 11.9 Å². The molecular formula is C13H17FN2O3. The highest BCUT2D eigenvalue weighted by Gasteiger charge is 2.28. The summed E-state index contributed by atoms with van der Waals surface area (Å²) in [5.41, 5.74) is -0.00455. The third kappa shape index (κ3) is 3.13. The minimum atomic E-state index is -0.422. The predicted octanol–water partition coefficient (Wildman–Crippen LogP) is 1.68. The van der Waals surface area contributed by atoms with Crippen LogP contribution in [0.4, 0.5) is 4.48 Å². The number of hydrogen-bond donors (Lipinski definition) is 1. The van der Waals surface area contributed by atoms with E-state index in [0.717, 1.165) is 0 Å². The van der Waals surface area contributed by atoms with Crippen molar-refractivity contribution in [3.63, 3.8) is 0 Å². The van der Waals surface area contributed by atoms with Gasteiger partial charge in [0.1, 0.15) is 5.69 Å². The van der Waals surface area contributed by atoms with Crippen LogP contribution in [-0.2, 0) is 9.53 Å². The summed E-state index contributed by atoms with van der Waals surface area (Å²) in [5, 5.41) is 2.79. The molecule has 1 aromatic rings. The van der Waals surface area contributed by atoms with Crippen LogP contribution in [0.25, 0.3) is 0 Å². The Hall–Kier alpha value is -1.85. The van der Waals surface area contributed by atoms with E-state index in [-0.39, 0.29) is 23.6 Å². The van der Waals surface area contributed by atoms with Gasteiger partial charge in [0.15, 0.2) is 0 Å². The average molecular weight is 268 g/mol. The average Bonchev–Trinajstić information content (AvgIpc) is 2.85. The van der Waals surface area contributed by atoms with E-state index in [1.165, 1.54) is 25.4 Å². The predicted molar refractivity (Wildman–Crippen MR) is 66.2 cm³/mol. The number of carbonyl (C=O) groups is 2. The first-order chi connectivity index (χ1) is 9.11. The molecule has 1 aromatic heterocycles. The SMILES string of the molecule is COC(=O)C1CCC(NC(=O)c2cccn2F)CC1. The number of rotatable bonds is 3. The Kier molecular flexibility index (Phi) is 4.19. The van der Waals surface area contributed by atoms with Gasteiger partial charge in [-0.1, -0.05) is 4.48 Å². The smallest absolute Gasteiger partial charge is 0.308 e. The molecule has 0 saturated heterocycles. The molecule has 2 rings (SSSR count). The molecule has 0 aliphatic heterocycles. The molecule has 1 aliphatic carbocycles. The molecule has 0 atom stereocenters. The molecule has 0 radical (unpaired) electrons. The number of nitrogens with zero attached hydrogens (tertiary/aromatic N) is 1. The zero-order valence-corrected chi connectivity index (χ0v) is 10.8. The second kappa shape index (κ2) is 5.86. The van der Waals surface area contributed by atoms with Gasteiger partial charge in [-0.05, 0) is 37.8 Å². The molecule has 6 heteroatoms. The Morgan fingerprint density at radius 3 is 2.58 bits per heavy atom. The zero-order valence-electron chi connectivity index (χ0n) is 10.8. The molecule has 1 aliphatic rings. The number of carbonyl (C=O) groups excluding carboxylic acids is 2. The van der Waals surface area contributed by atoms with Gasteiger partial charge in [0.2, 0.25) is 0 Å². The monoisotopic (exact) mass is 268 g/mol. The summed E-state index contributed by atoms with van der Waals surface area (Å²) >= 11 is 0. The first-order valence-corrected chi connectivity index (χ1v) is 6.34. The first-order valence-electron chi connectivity index (χ1n) is 6.34. The molecule has 1 fully saturated rings. The molecule has 1 saturated carbocycles. The Labute approximate surface area is 110 Å². The third-order valence-electron chi connectivity index (χ3n) is 3.53. The van der Waals surface area contributed by atoms with E-state index >= 15 is 0 Å². The number of ether oxygens (including phenoxy) is 1. The van der Waals surface area contributed by atoms with E-state index in [1.54, 1.807) is 0 Å². The van der Waals surface area contributed by atoms with Crippen LogP contribution < -0.4 is 5.32 Å². The van der Waals surface area contributed by atoms with Crippen molar-refractivity contribution in [1.82, 2.24) is 10.1 Å². The number of amides is 1. The van der Waals surface area contributed by atoms with Crippen LogP contribution in [0.3, 0.4) is 0 Å². The summed E-state index contributed by atoms with van der Waals surface area (Å²) in [6, 6.07) is 2.89. The van der Waals surface area contributed by atoms with Gasteiger partial charge < -0.3 is 10.1 Å². The molecule has 0 aromatic carbocycles. The highest BCUT2D eigenvalue weighted by molar-refractivity contribution is 5.92. The number of aromatic nitrogens is 1. The third-order valence-corrected chi connectivity index (χ3v) is 3.53. The lowest BCUT2D eigenvalue weighted by Gasteiger charge is -2.27. The van der Waals surface area contributed by atoms with Crippen LogP contribution in [0.2, 0.25) is 0 Å². The van der Waals surface area contributed by atoms with Gasteiger partial charge in [-0.15, -0.1) is 0 Å². The van der Waals surface area contributed by atoms with Crippen molar-refractivity contribution in [3.05, 3.63) is 24.0 Å². The van der Waals surface area contributed by atoms with Crippen molar-refractivity contribution in [1.29, 1.82) is 0 Å². The lowest BCUT2D eigenvalue weighted by atomic mass is 9.86. The summed E-state index contributed by atoms with van der Waals surface area (Å²) in [6.45, 7) is 0. The molecule has 1 N–H and O–H groups in total. The van der Waals surface area contributed by atoms with E-state index in [1.807, 2.05) is 0 Å². The van der Waals surface area contributed by atoms with Crippen LogP contribution >= 0.6 is 0 Å². The molecule has 0 spiro atoms. The largest absolute Gasteiger partial charge is 0.469 e. The van der Waals surface area contributed by atoms with Gasteiger partial charge in [0.25, 0.3) is 5.91 Å². The summed E-state index contributed by atoms with van der Waals surface area (Å²) in [7, 11) is 1.38. The van der Waals surface area contributed by atoms with Gasteiger partial charge in [-0.2, -0.15) is 4.79 Å². The van der Waals surface area contributed by atoms with Gasteiger partial charge >= 0.3 is 5.97 Å². The maximum absolute atomic E-state index is 13.2. The van der Waals surface area contributed by atoms with Gasteiger partial charge in [-0.25, -0.2) is 0 Å². The maximum Gasteiger partial charge on any atom is 0.308 e. The van der Waals surface area contributed by atoms with Crippen LogP contribution in [0.5, 0.6) is 0 Å². The summed E-state index contributed by atoms with van der Waals surface area (Å²) < 4.78 is 17.9. The van der Waals surface area contributed by atoms with Crippen molar-refractivity contribution in [2.24, 2.45) is 5.92 Å². The number of methoxy groups -OCH3 is 1. The number of hydrogen-bond acceptors (Lipinski definition) is 3. The fourth-order valence-corrected chi connectivity index (χ4v) is 2.43. The van der Waals surface area contributed by atoms with E-state index in [9.17, 15) is 14.1 Å². The van der Waals surface area contributed by atoms with Gasteiger partial charge in [-0.3, -0.25) is 9.59 Å². The van der Waals surface area contributed by atoms with Crippen molar-refractivity contribution in [3.8, 4) is 0 Å². The van der Waals surface area contributed by atoms with Crippen molar-refractivity contribution in [2.45, 2.75) is 31.7 Å².